The standard InChI is InChI=1S/C18H26BrN7O/c1-12-16(27-13-6-4-3-5-7-13)9-8-14(23-12)18(20)15(25(2)21)11-26-22-10-17(19)24-26/h8-10,13H,3-7,11,20-21H2,1-2H3/b18-15-. The molecule has 0 saturated heterocycles. The molecule has 9 heteroatoms. The van der Waals surface area contributed by atoms with Crippen LogP contribution < -0.4 is 16.3 Å². The van der Waals surface area contributed by atoms with Crippen molar-refractivity contribution in [2.45, 2.75) is 51.7 Å². The number of hydrazine groups is 1. The smallest absolute Gasteiger partial charge is 0.148 e. The Morgan fingerprint density at radius 2 is 2.07 bits per heavy atom. The van der Waals surface area contributed by atoms with Crippen LogP contribution in [-0.2, 0) is 6.54 Å². The molecule has 0 aromatic carbocycles. The van der Waals surface area contributed by atoms with Crippen molar-refractivity contribution in [3.63, 3.8) is 0 Å². The van der Waals surface area contributed by atoms with Gasteiger partial charge >= 0.3 is 0 Å². The Balaban J connectivity index is 1.81. The van der Waals surface area contributed by atoms with Gasteiger partial charge in [-0.2, -0.15) is 9.90 Å². The summed E-state index contributed by atoms with van der Waals surface area (Å²) in [5.74, 6) is 6.80. The molecule has 2 heterocycles. The highest BCUT2D eigenvalue weighted by Gasteiger charge is 2.18. The first-order chi connectivity index (χ1) is 12.9. The molecule has 1 aliphatic carbocycles. The van der Waals surface area contributed by atoms with Crippen LogP contribution in [0.2, 0.25) is 0 Å². The summed E-state index contributed by atoms with van der Waals surface area (Å²) >= 11 is 3.29. The van der Waals surface area contributed by atoms with E-state index < -0.39 is 0 Å². The van der Waals surface area contributed by atoms with Crippen molar-refractivity contribution in [3.05, 3.63) is 40.0 Å². The molecule has 0 amide bonds. The third-order valence-electron chi connectivity index (χ3n) is 4.70. The third kappa shape index (κ3) is 4.98. The molecule has 8 nitrogen and oxygen atoms in total. The zero-order valence-electron chi connectivity index (χ0n) is 15.7. The van der Waals surface area contributed by atoms with Crippen molar-refractivity contribution < 1.29 is 4.74 Å². The minimum absolute atomic E-state index is 0.285. The number of ether oxygens (including phenoxy) is 1. The fourth-order valence-electron chi connectivity index (χ4n) is 3.21. The number of nitrogens with zero attached hydrogens (tertiary/aromatic N) is 5. The summed E-state index contributed by atoms with van der Waals surface area (Å²) in [4.78, 5) is 6.16. The number of halogens is 1. The molecule has 1 aliphatic rings. The van der Waals surface area contributed by atoms with Crippen LogP contribution in [0.15, 0.2) is 28.6 Å². The maximum absolute atomic E-state index is 6.37. The number of aromatic nitrogens is 4. The molecular weight excluding hydrogens is 410 g/mol. The lowest BCUT2D eigenvalue weighted by molar-refractivity contribution is 0.153. The zero-order chi connectivity index (χ0) is 19.4. The topological polar surface area (TPSA) is 108 Å². The largest absolute Gasteiger partial charge is 0.489 e. The Hall–Kier alpha value is -2.13. The summed E-state index contributed by atoms with van der Waals surface area (Å²) in [5, 5.41) is 9.84. The van der Waals surface area contributed by atoms with Gasteiger partial charge in [0, 0.05) is 7.05 Å². The van der Waals surface area contributed by atoms with Crippen LogP contribution in [0.1, 0.15) is 43.5 Å². The summed E-state index contributed by atoms with van der Waals surface area (Å²) in [5.41, 5.74) is 9.01. The van der Waals surface area contributed by atoms with Gasteiger partial charge in [0.05, 0.1) is 35.1 Å². The van der Waals surface area contributed by atoms with Crippen LogP contribution in [0.25, 0.3) is 5.70 Å². The molecule has 0 unspecified atom stereocenters. The highest BCUT2D eigenvalue weighted by atomic mass is 79.9. The number of likely N-dealkylation sites (N-methyl/N-ethyl adjacent to an activating group) is 1. The number of allylic oxidation sites excluding steroid dienone is 1. The van der Waals surface area contributed by atoms with Gasteiger partial charge in [0.25, 0.3) is 0 Å². The van der Waals surface area contributed by atoms with Crippen LogP contribution in [0.3, 0.4) is 0 Å². The zero-order valence-corrected chi connectivity index (χ0v) is 17.3. The molecule has 0 radical (unpaired) electrons. The summed E-state index contributed by atoms with van der Waals surface area (Å²) in [6.45, 7) is 2.28. The molecule has 1 saturated carbocycles. The van der Waals surface area contributed by atoms with E-state index in [1.54, 1.807) is 13.2 Å². The van der Waals surface area contributed by atoms with Crippen LogP contribution in [-0.4, -0.2) is 38.1 Å². The van der Waals surface area contributed by atoms with E-state index in [9.17, 15) is 0 Å². The molecule has 2 aromatic rings. The van der Waals surface area contributed by atoms with E-state index in [0.29, 0.717) is 28.2 Å². The average molecular weight is 436 g/mol. The van der Waals surface area contributed by atoms with E-state index in [2.05, 4.69) is 31.1 Å². The molecular formula is C18H26BrN7O. The Kier molecular flexibility index (Phi) is 6.33. The minimum Gasteiger partial charge on any atom is -0.489 e. The summed E-state index contributed by atoms with van der Waals surface area (Å²) in [7, 11) is 1.73. The van der Waals surface area contributed by atoms with Gasteiger partial charge in [-0.05, 0) is 60.7 Å². The number of nitrogens with two attached hydrogens (primary N) is 2. The second-order valence-corrected chi connectivity index (χ2v) is 7.64. The number of aryl methyl sites for hydroxylation is 1. The van der Waals surface area contributed by atoms with E-state index in [4.69, 9.17) is 16.3 Å². The second-order valence-electron chi connectivity index (χ2n) is 6.83. The predicted molar refractivity (Wildman–Crippen MR) is 107 cm³/mol. The highest BCUT2D eigenvalue weighted by Crippen LogP contribution is 2.26. The molecule has 1 fully saturated rings. The minimum atomic E-state index is 0.285. The maximum Gasteiger partial charge on any atom is 0.148 e. The van der Waals surface area contributed by atoms with Crippen molar-refractivity contribution >= 4 is 21.6 Å². The van der Waals surface area contributed by atoms with Gasteiger partial charge in [0.2, 0.25) is 0 Å². The molecule has 0 spiro atoms. The van der Waals surface area contributed by atoms with E-state index >= 15 is 0 Å². The van der Waals surface area contributed by atoms with Crippen LogP contribution in [0.4, 0.5) is 0 Å². The Morgan fingerprint density at radius 1 is 1.33 bits per heavy atom. The number of hydrogen-bond acceptors (Lipinski definition) is 7. The third-order valence-corrected chi connectivity index (χ3v) is 5.06. The molecule has 4 N–H and O–H groups in total. The van der Waals surface area contributed by atoms with Gasteiger partial charge in [-0.25, -0.2) is 10.8 Å². The SMILES string of the molecule is Cc1nc(/C(N)=C(\Cn2ncc(Br)n2)N(C)N)ccc1OC1CCCCC1. The monoisotopic (exact) mass is 435 g/mol. The lowest BCUT2D eigenvalue weighted by atomic mass is 9.98. The van der Waals surface area contributed by atoms with Crippen molar-refractivity contribution in [2.24, 2.45) is 11.6 Å². The molecule has 27 heavy (non-hydrogen) atoms. The first-order valence-electron chi connectivity index (χ1n) is 9.11. The van der Waals surface area contributed by atoms with Gasteiger partial charge < -0.3 is 15.5 Å². The van der Waals surface area contributed by atoms with Gasteiger partial charge in [-0.15, -0.1) is 5.10 Å². The highest BCUT2D eigenvalue weighted by molar-refractivity contribution is 9.10. The van der Waals surface area contributed by atoms with Crippen LogP contribution in [0, 0.1) is 6.92 Å². The fourth-order valence-corrected chi connectivity index (χ4v) is 3.48. The quantitative estimate of drug-likeness (QED) is 0.529. The maximum atomic E-state index is 6.37. The van der Waals surface area contributed by atoms with E-state index in [0.717, 1.165) is 24.3 Å². The molecule has 0 bridgehead atoms. The van der Waals surface area contributed by atoms with E-state index in [-0.39, 0.29) is 6.10 Å². The van der Waals surface area contributed by atoms with Crippen molar-refractivity contribution in [3.8, 4) is 5.75 Å². The Labute approximate surface area is 167 Å². The molecule has 0 atom stereocenters. The predicted octanol–water partition coefficient (Wildman–Crippen LogP) is 2.59. The van der Waals surface area contributed by atoms with Crippen molar-refractivity contribution in [1.82, 2.24) is 25.0 Å². The van der Waals surface area contributed by atoms with Crippen molar-refractivity contribution in [1.29, 1.82) is 0 Å². The van der Waals surface area contributed by atoms with Crippen LogP contribution in [0.5, 0.6) is 5.75 Å². The molecule has 0 aliphatic heterocycles. The van der Waals surface area contributed by atoms with Crippen LogP contribution >= 0.6 is 15.9 Å². The van der Waals surface area contributed by atoms with Crippen molar-refractivity contribution in [2.75, 3.05) is 7.05 Å². The lowest BCUT2D eigenvalue weighted by Crippen LogP contribution is -2.31. The molecule has 2 aromatic heterocycles. The Morgan fingerprint density at radius 3 is 2.67 bits per heavy atom. The number of pyridine rings is 1. The van der Waals surface area contributed by atoms with E-state index in [1.807, 2.05) is 19.1 Å². The first kappa shape index (κ1) is 19.6. The first-order valence-corrected chi connectivity index (χ1v) is 9.90. The summed E-state index contributed by atoms with van der Waals surface area (Å²) in [6, 6.07) is 3.81. The Bertz CT molecular complexity index is 812. The van der Waals surface area contributed by atoms with Gasteiger partial charge in [-0.3, -0.25) is 0 Å². The number of hydrogen-bond donors (Lipinski definition) is 2. The van der Waals surface area contributed by atoms with E-state index in [1.165, 1.54) is 29.1 Å². The summed E-state index contributed by atoms with van der Waals surface area (Å²) in [6.07, 6.45) is 7.88. The van der Waals surface area contributed by atoms with Gasteiger partial charge in [0.1, 0.15) is 16.9 Å². The molecule has 146 valence electrons. The summed E-state index contributed by atoms with van der Waals surface area (Å²) < 4.78 is 6.79. The average Bonchev–Trinajstić information content (AvgIpc) is 3.06. The van der Waals surface area contributed by atoms with Gasteiger partial charge in [-0.1, -0.05) is 6.42 Å². The normalized spacial score (nSPS) is 16.1. The van der Waals surface area contributed by atoms with Gasteiger partial charge in [0.15, 0.2) is 0 Å². The second kappa shape index (κ2) is 8.71. The number of rotatable bonds is 6. The fraction of sp³-hybridized carbons (Fsp3) is 0.500. The lowest BCUT2D eigenvalue weighted by Gasteiger charge is -2.24. The molecule has 3 rings (SSSR count).